The van der Waals surface area contributed by atoms with E-state index in [9.17, 15) is 8.78 Å². The summed E-state index contributed by atoms with van der Waals surface area (Å²) in [6, 6.07) is 7.29. The van der Waals surface area contributed by atoms with Gasteiger partial charge in [0.05, 0.1) is 15.9 Å². The molecule has 21 heavy (non-hydrogen) atoms. The van der Waals surface area contributed by atoms with E-state index in [0.717, 1.165) is 12.1 Å². The fourth-order valence-electron chi connectivity index (χ4n) is 2.04. The van der Waals surface area contributed by atoms with Crippen LogP contribution >= 0.6 is 11.6 Å². The number of fused-ring (bicyclic) bond motifs is 1. The van der Waals surface area contributed by atoms with Gasteiger partial charge in [-0.05, 0) is 19.1 Å². The van der Waals surface area contributed by atoms with E-state index in [0.29, 0.717) is 17.2 Å². The van der Waals surface area contributed by atoms with Gasteiger partial charge in [0, 0.05) is 23.9 Å². The fraction of sp³-hybridized carbons (Fsp3) is 0.0667. The van der Waals surface area contributed by atoms with Gasteiger partial charge in [0.2, 0.25) is 0 Å². The molecule has 3 nitrogen and oxygen atoms in total. The Morgan fingerprint density at radius 3 is 2.71 bits per heavy atom. The van der Waals surface area contributed by atoms with Gasteiger partial charge >= 0.3 is 0 Å². The molecule has 3 aromatic rings. The zero-order valence-electron chi connectivity index (χ0n) is 11.0. The fourth-order valence-corrected chi connectivity index (χ4v) is 2.32. The van der Waals surface area contributed by atoms with Gasteiger partial charge in [-0.1, -0.05) is 17.7 Å². The molecule has 1 aromatic carbocycles. The first kappa shape index (κ1) is 13.7. The van der Waals surface area contributed by atoms with E-state index in [1.165, 1.54) is 0 Å². The van der Waals surface area contributed by atoms with Crippen LogP contribution in [0.5, 0.6) is 0 Å². The number of rotatable bonds is 2. The van der Waals surface area contributed by atoms with Crippen LogP contribution in [0, 0.1) is 18.6 Å². The maximum Gasteiger partial charge on any atom is 0.137 e. The van der Waals surface area contributed by atoms with Gasteiger partial charge in [-0.15, -0.1) is 0 Å². The number of benzene rings is 1. The van der Waals surface area contributed by atoms with Gasteiger partial charge in [0.25, 0.3) is 0 Å². The zero-order chi connectivity index (χ0) is 15.0. The van der Waals surface area contributed by atoms with Crippen molar-refractivity contribution >= 4 is 34.1 Å². The Morgan fingerprint density at radius 1 is 1.19 bits per heavy atom. The molecule has 0 spiro atoms. The average Bonchev–Trinajstić information content (AvgIpc) is 2.44. The van der Waals surface area contributed by atoms with Crippen LogP contribution in [-0.2, 0) is 0 Å². The Kier molecular flexibility index (Phi) is 3.43. The third kappa shape index (κ3) is 2.52. The van der Waals surface area contributed by atoms with Crippen LogP contribution in [0.3, 0.4) is 0 Å². The van der Waals surface area contributed by atoms with E-state index in [1.54, 1.807) is 25.3 Å². The number of nitrogens with zero attached hydrogens (tertiary/aromatic N) is 2. The molecule has 0 fully saturated rings. The number of halogens is 3. The maximum absolute atomic E-state index is 13.8. The van der Waals surface area contributed by atoms with Crippen LogP contribution in [0.1, 0.15) is 5.56 Å². The van der Waals surface area contributed by atoms with Crippen molar-refractivity contribution in [1.29, 1.82) is 0 Å². The summed E-state index contributed by atoms with van der Waals surface area (Å²) in [4.78, 5) is 8.35. The zero-order valence-corrected chi connectivity index (χ0v) is 11.7. The van der Waals surface area contributed by atoms with E-state index in [2.05, 4.69) is 15.3 Å². The number of pyridine rings is 2. The summed E-state index contributed by atoms with van der Waals surface area (Å²) in [6.45, 7) is 1.71. The van der Waals surface area contributed by atoms with Crippen molar-refractivity contribution in [3.63, 3.8) is 0 Å². The molecule has 0 amide bonds. The molecule has 0 radical (unpaired) electrons. The highest BCUT2D eigenvalue weighted by atomic mass is 35.5. The number of anilines is 2. The summed E-state index contributed by atoms with van der Waals surface area (Å²) >= 11 is 6.19. The third-order valence-electron chi connectivity index (χ3n) is 3.08. The van der Waals surface area contributed by atoms with Crippen molar-refractivity contribution in [3.05, 3.63) is 58.7 Å². The standard InChI is InChI=1S/C15H10ClF2N3/c1-8-14(16)13-10(18)6-9(17)7-11(13)20-15(8)21-12-4-2-3-5-19-12/h2-7H,1H3,(H,19,20,21). The van der Waals surface area contributed by atoms with Crippen molar-refractivity contribution < 1.29 is 8.78 Å². The number of nitrogens with one attached hydrogen (secondary N) is 1. The molecule has 0 saturated carbocycles. The second-order valence-electron chi connectivity index (χ2n) is 4.52. The summed E-state index contributed by atoms with van der Waals surface area (Å²) in [6.07, 6.45) is 1.62. The van der Waals surface area contributed by atoms with Crippen LogP contribution in [-0.4, -0.2) is 9.97 Å². The summed E-state index contributed by atoms with van der Waals surface area (Å²) in [5.74, 6) is -0.442. The van der Waals surface area contributed by atoms with E-state index in [4.69, 9.17) is 11.6 Å². The van der Waals surface area contributed by atoms with Crippen LogP contribution in [0.2, 0.25) is 5.02 Å². The molecule has 106 valence electrons. The van der Waals surface area contributed by atoms with Crippen molar-refractivity contribution in [3.8, 4) is 0 Å². The summed E-state index contributed by atoms with van der Waals surface area (Å²) in [5.41, 5.74) is 0.724. The minimum absolute atomic E-state index is 0.113. The van der Waals surface area contributed by atoms with Crippen LogP contribution in [0.15, 0.2) is 36.5 Å². The van der Waals surface area contributed by atoms with Gasteiger partial charge in [-0.3, -0.25) is 0 Å². The van der Waals surface area contributed by atoms with Gasteiger partial charge in [-0.25, -0.2) is 18.7 Å². The van der Waals surface area contributed by atoms with Crippen molar-refractivity contribution in [2.75, 3.05) is 5.32 Å². The molecule has 0 bridgehead atoms. The Hall–Kier alpha value is -2.27. The lowest BCUT2D eigenvalue weighted by molar-refractivity contribution is 0.591. The molecule has 0 aliphatic rings. The van der Waals surface area contributed by atoms with Gasteiger partial charge < -0.3 is 5.32 Å². The van der Waals surface area contributed by atoms with Gasteiger partial charge in [0.1, 0.15) is 23.3 Å². The molecule has 0 saturated heterocycles. The molecule has 0 atom stereocenters. The third-order valence-corrected chi connectivity index (χ3v) is 3.55. The number of hydrogen-bond acceptors (Lipinski definition) is 3. The molecular weight excluding hydrogens is 296 g/mol. The van der Waals surface area contributed by atoms with Crippen molar-refractivity contribution in [2.24, 2.45) is 0 Å². The minimum Gasteiger partial charge on any atom is -0.325 e. The van der Waals surface area contributed by atoms with E-state index in [-0.39, 0.29) is 15.9 Å². The molecule has 0 unspecified atom stereocenters. The predicted octanol–water partition coefficient (Wildman–Crippen LogP) is 4.61. The quantitative estimate of drug-likeness (QED) is 0.751. The topological polar surface area (TPSA) is 37.8 Å². The summed E-state index contributed by atoms with van der Waals surface area (Å²) < 4.78 is 27.2. The number of aromatic nitrogens is 2. The lowest BCUT2D eigenvalue weighted by Gasteiger charge is -2.12. The molecule has 1 N–H and O–H groups in total. The molecule has 0 aliphatic heterocycles. The number of hydrogen-bond donors (Lipinski definition) is 1. The first-order valence-electron chi connectivity index (χ1n) is 6.19. The summed E-state index contributed by atoms with van der Waals surface area (Å²) in [5, 5.41) is 3.31. The van der Waals surface area contributed by atoms with Crippen molar-refractivity contribution in [1.82, 2.24) is 9.97 Å². The first-order valence-corrected chi connectivity index (χ1v) is 6.57. The highest BCUT2D eigenvalue weighted by Gasteiger charge is 2.15. The van der Waals surface area contributed by atoms with E-state index < -0.39 is 11.6 Å². The SMILES string of the molecule is Cc1c(Nc2ccccn2)nc2cc(F)cc(F)c2c1Cl. The molecule has 2 aromatic heterocycles. The highest BCUT2D eigenvalue weighted by molar-refractivity contribution is 6.36. The molecule has 3 rings (SSSR count). The molecular formula is C15H10ClF2N3. The first-order chi connectivity index (χ1) is 10.1. The van der Waals surface area contributed by atoms with Crippen LogP contribution < -0.4 is 5.32 Å². The predicted molar refractivity (Wildman–Crippen MR) is 78.9 cm³/mol. The molecule has 6 heteroatoms. The Labute approximate surface area is 124 Å². The van der Waals surface area contributed by atoms with Gasteiger partial charge in [0.15, 0.2) is 0 Å². The lowest BCUT2D eigenvalue weighted by atomic mass is 10.1. The normalized spacial score (nSPS) is 10.9. The molecule has 2 heterocycles. The monoisotopic (exact) mass is 305 g/mol. The second kappa shape index (κ2) is 5.26. The summed E-state index contributed by atoms with van der Waals surface area (Å²) in [7, 11) is 0. The van der Waals surface area contributed by atoms with Crippen molar-refractivity contribution in [2.45, 2.75) is 6.92 Å². The Bertz CT molecular complexity index is 822. The Morgan fingerprint density at radius 2 is 2.00 bits per heavy atom. The maximum atomic E-state index is 13.8. The Balaban J connectivity index is 2.18. The second-order valence-corrected chi connectivity index (χ2v) is 4.90. The average molecular weight is 306 g/mol. The largest absolute Gasteiger partial charge is 0.325 e. The minimum atomic E-state index is -0.727. The van der Waals surface area contributed by atoms with E-state index in [1.807, 2.05) is 6.07 Å². The van der Waals surface area contributed by atoms with Crippen LogP contribution in [0.4, 0.5) is 20.4 Å². The lowest BCUT2D eigenvalue weighted by Crippen LogP contribution is -2.00. The van der Waals surface area contributed by atoms with E-state index >= 15 is 0 Å². The highest BCUT2D eigenvalue weighted by Crippen LogP contribution is 2.33. The van der Waals surface area contributed by atoms with Crippen LogP contribution in [0.25, 0.3) is 10.9 Å². The molecule has 0 aliphatic carbocycles. The smallest absolute Gasteiger partial charge is 0.137 e. The van der Waals surface area contributed by atoms with Gasteiger partial charge in [-0.2, -0.15) is 0 Å².